The number of hydrogen-bond acceptors (Lipinski definition) is 3. The molecule has 1 aromatic rings. The van der Waals surface area contributed by atoms with Gasteiger partial charge in [0.2, 0.25) is 0 Å². The molecule has 0 spiro atoms. The zero-order valence-corrected chi connectivity index (χ0v) is 11.7. The molecule has 0 fully saturated rings. The molecule has 1 N–H and O–H groups in total. The van der Waals surface area contributed by atoms with E-state index < -0.39 is 10.8 Å². The van der Waals surface area contributed by atoms with Gasteiger partial charge in [0.15, 0.2) is 0 Å². The van der Waals surface area contributed by atoms with Crippen molar-refractivity contribution in [1.29, 1.82) is 0 Å². The second kappa shape index (κ2) is 6.21. The molecule has 0 aliphatic rings. The molecule has 1 heterocycles. The standard InChI is InChI=1S/C9H13Cl2NOS2/c1-6(12-3-4-15(2)13)7-5-8(10)14-9(7)11/h5-6,12H,3-4H2,1-2H3. The van der Waals surface area contributed by atoms with Crippen LogP contribution in [-0.4, -0.2) is 22.8 Å². The van der Waals surface area contributed by atoms with Crippen LogP contribution < -0.4 is 5.32 Å². The van der Waals surface area contributed by atoms with Crippen LogP contribution in [0, 0.1) is 0 Å². The number of halogens is 2. The highest BCUT2D eigenvalue weighted by molar-refractivity contribution is 7.84. The van der Waals surface area contributed by atoms with Gasteiger partial charge in [0, 0.05) is 35.4 Å². The van der Waals surface area contributed by atoms with Crippen molar-refractivity contribution >= 4 is 45.3 Å². The maximum atomic E-state index is 10.9. The molecular formula is C9H13Cl2NOS2. The van der Waals surface area contributed by atoms with E-state index in [1.54, 1.807) is 6.26 Å². The SMILES string of the molecule is CC(NCCS(C)=O)c1cc(Cl)sc1Cl. The Labute approximate surface area is 106 Å². The van der Waals surface area contributed by atoms with Crippen LogP contribution in [0.3, 0.4) is 0 Å². The van der Waals surface area contributed by atoms with E-state index in [2.05, 4.69) is 5.32 Å². The Balaban J connectivity index is 2.50. The Bertz CT molecular complexity index is 354. The molecule has 86 valence electrons. The molecular weight excluding hydrogens is 273 g/mol. The van der Waals surface area contributed by atoms with Gasteiger partial charge >= 0.3 is 0 Å². The van der Waals surface area contributed by atoms with Gasteiger partial charge < -0.3 is 5.32 Å². The lowest BCUT2D eigenvalue weighted by Gasteiger charge is -2.12. The predicted octanol–water partition coefficient (Wildman–Crippen LogP) is 3.08. The Morgan fingerprint density at radius 2 is 2.27 bits per heavy atom. The molecule has 0 aliphatic carbocycles. The number of thiophene rings is 1. The summed E-state index contributed by atoms with van der Waals surface area (Å²) in [4.78, 5) is 0. The van der Waals surface area contributed by atoms with E-state index in [0.717, 1.165) is 9.90 Å². The van der Waals surface area contributed by atoms with Crippen molar-refractivity contribution in [2.75, 3.05) is 18.6 Å². The van der Waals surface area contributed by atoms with E-state index in [1.807, 2.05) is 13.0 Å². The van der Waals surface area contributed by atoms with E-state index >= 15 is 0 Å². The van der Waals surface area contributed by atoms with Crippen molar-refractivity contribution in [2.45, 2.75) is 13.0 Å². The minimum absolute atomic E-state index is 0.143. The predicted molar refractivity (Wildman–Crippen MR) is 69.7 cm³/mol. The van der Waals surface area contributed by atoms with Gasteiger partial charge in [-0.15, -0.1) is 11.3 Å². The highest BCUT2D eigenvalue weighted by atomic mass is 35.5. The van der Waals surface area contributed by atoms with Gasteiger partial charge in [-0.2, -0.15) is 0 Å². The quantitative estimate of drug-likeness (QED) is 0.901. The van der Waals surface area contributed by atoms with Crippen molar-refractivity contribution in [3.63, 3.8) is 0 Å². The first-order chi connectivity index (χ1) is 7.00. The fourth-order valence-corrected chi connectivity index (χ4v) is 3.23. The molecule has 2 nitrogen and oxygen atoms in total. The second-order valence-corrected chi connectivity index (χ2v) is 7.07. The molecule has 1 aromatic heterocycles. The summed E-state index contributed by atoms with van der Waals surface area (Å²) in [6.07, 6.45) is 1.70. The van der Waals surface area contributed by atoms with Gasteiger partial charge in [-0.05, 0) is 18.6 Å². The Kier molecular flexibility index (Phi) is 5.57. The van der Waals surface area contributed by atoms with Gasteiger partial charge in [-0.3, -0.25) is 4.21 Å². The van der Waals surface area contributed by atoms with Gasteiger partial charge in [-0.1, -0.05) is 23.2 Å². The number of nitrogens with one attached hydrogen (secondary N) is 1. The van der Waals surface area contributed by atoms with E-state index in [0.29, 0.717) is 16.6 Å². The van der Waals surface area contributed by atoms with Gasteiger partial charge in [0.25, 0.3) is 0 Å². The lowest BCUT2D eigenvalue weighted by molar-refractivity contribution is 0.599. The van der Waals surface area contributed by atoms with Gasteiger partial charge in [-0.25, -0.2) is 0 Å². The summed E-state index contributed by atoms with van der Waals surface area (Å²) >= 11 is 13.2. The monoisotopic (exact) mass is 285 g/mol. The van der Waals surface area contributed by atoms with Crippen LogP contribution in [0.1, 0.15) is 18.5 Å². The van der Waals surface area contributed by atoms with Crippen LogP contribution in [0.15, 0.2) is 6.07 Å². The lowest BCUT2D eigenvalue weighted by atomic mass is 10.2. The fourth-order valence-electron chi connectivity index (χ4n) is 1.18. The largest absolute Gasteiger partial charge is 0.309 e. The summed E-state index contributed by atoms with van der Waals surface area (Å²) in [7, 11) is -0.757. The Morgan fingerprint density at radius 3 is 2.73 bits per heavy atom. The molecule has 15 heavy (non-hydrogen) atoms. The third-order valence-electron chi connectivity index (χ3n) is 1.99. The van der Waals surface area contributed by atoms with Crippen molar-refractivity contribution in [1.82, 2.24) is 5.32 Å². The zero-order valence-electron chi connectivity index (χ0n) is 8.55. The Hall–Kier alpha value is 0.390. The number of rotatable bonds is 5. The number of hydrogen-bond donors (Lipinski definition) is 1. The summed E-state index contributed by atoms with van der Waals surface area (Å²) in [5, 5.41) is 3.25. The molecule has 1 rings (SSSR count). The van der Waals surface area contributed by atoms with Crippen molar-refractivity contribution in [2.24, 2.45) is 0 Å². The molecule has 2 atom stereocenters. The first kappa shape index (κ1) is 13.5. The Morgan fingerprint density at radius 1 is 1.60 bits per heavy atom. The lowest BCUT2D eigenvalue weighted by Crippen LogP contribution is -2.23. The topological polar surface area (TPSA) is 29.1 Å². The van der Waals surface area contributed by atoms with Gasteiger partial charge in [0.1, 0.15) is 0 Å². The van der Waals surface area contributed by atoms with Crippen LogP contribution in [0.25, 0.3) is 0 Å². The maximum Gasteiger partial charge on any atom is 0.0991 e. The molecule has 0 amide bonds. The second-order valence-electron chi connectivity index (χ2n) is 3.23. The molecule has 0 bridgehead atoms. The van der Waals surface area contributed by atoms with Crippen LogP contribution in [0.5, 0.6) is 0 Å². The molecule has 0 aromatic carbocycles. The molecule has 0 saturated heterocycles. The average molecular weight is 286 g/mol. The third-order valence-corrected chi connectivity index (χ3v) is 4.29. The highest BCUT2D eigenvalue weighted by Gasteiger charge is 2.12. The summed E-state index contributed by atoms with van der Waals surface area (Å²) in [6, 6.07) is 2.01. The zero-order chi connectivity index (χ0) is 11.4. The first-order valence-electron chi connectivity index (χ1n) is 4.49. The van der Waals surface area contributed by atoms with Crippen molar-refractivity contribution < 1.29 is 4.21 Å². The maximum absolute atomic E-state index is 10.9. The minimum Gasteiger partial charge on any atom is -0.309 e. The first-order valence-corrected chi connectivity index (χ1v) is 7.79. The smallest absolute Gasteiger partial charge is 0.0991 e. The fraction of sp³-hybridized carbons (Fsp3) is 0.556. The van der Waals surface area contributed by atoms with Crippen LogP contribution >= 0.6 is 34.5 Å². The van der Waals surface area contributed by atoms with E-state index in [9.17, 15) is 4.21 Å². The average Bonchev–Trinajstić information content (AvgIpc) is 2.44. The van der Waals surface area contributed by atoms with Crippen LogP contribution in [0.2, 0.25) is 8.67 Å². The molecule has 0 aliphatic heterocycles. The molecule has 6 heteroatoms. The van der Waals surface area contributed by atoms with E-state index in [4.69, 9.17) is 23.2 Å². The van der Waals surface area contributed by atoms with Crippen LogP contribution in [0.4, 0.5) is 0 Å². The summed E-state index contributed by atoms with van der Waals surface area (Å²) in [5.41, 5.74) is 1.01. The summed E-state index contributed by atoms with van der Waals surface area (Å²) in [6.45, 7) is 2.73. The highest BCUT2D eigenvalue weighted by Crippen LogP contribution is 2.34. The third kappa shape index (κ3) is 4.41. The van der Waals surface area contributed by atoms with Crippen LogP contribution in [-0.2, 0) is 10.8 Å². The summed E-state index contributed by atoms with van der Waals surface area (Å²) < 4.78 is 12.3. The summed E-state index contributed by atoms with van der Waals surface area (Å²) in [5.74, 6) is 0.653. The molecule has 2 unspecified atom stereocenters. The molecule has 0 saturated carbocycles. The molecule has 0 radical (unpaired) electrons. The van der Waals surface area contributed by atoms with Crippen molar-refractivity contribution in [3.8, 4) is 0 Å². The minimum atomic E-state index is -0.757. The van der Waals surface area contributed by atoms with Gasteiger partial charge in [0.05, 0.1) is 8.67 Å². The van der Waals surface area contributed by atoms with E-state index in [1.165, 1.54) is 11.3 Å². The van der Waals surface area contributed by atoms with Crippen molar-refractivity contribution in [3.05, 3.63) is 20.3 Å². The normalized spacial score (nSPS) is 15.2. The van der Waals surface area contributed by atoms with E-state index in [-0.39, 0.29) is 6.04 Å².